The Labute approximate surface area is 188 Å². The molecule has 5 rings (SSSR count). The fourth-order valence-corrected chi connectivity index (χ4v) is 5.61. The van der Waals surface area contributed by atoms with Crippen LogP contribution in [0.5, 0.6) is 5.75 Å². The molecule has 3 heterocycles. The van der Waals surface area contributed by atoms with Crippen LogP contribution in [-0.4, -0.2) is 34.8 Å². The molecule has 1 fully saturated rings. The monoisotopic (exact) mass is 432 g/mol. The van der Waals surface area contributed by atoms with Crippen LogP contribution >= 0.6 is 0 Å². The van der Waals surface area contributed by atoms with Gasteiger partial charge in [-0.25, -0.2) is 0 Å². The largest absolute Gasteiger partial charge is 0.497 e. The third kappa shape index (κ3) is 3.38. The van der Waals surface area contributed by atoms with Crippen LogP contribution in [-0.2, 0) is 20.9 Å². The van der Waals surface area contributed by atoms with E-state index < -0.39 is 6.04 Å². The van der Waals surface area contributed by atoms with Gasteiger partial charge in [0, 0.05) is 18.9 Å². The van der Waals surface area contributed by atoms with Crippen LogP contribution in [0.1, 0.15) is 43.9 Å². The lowest BCUT2D eigenvalue weighted by Gasteiger charge is -2.41. The summed E-state index contributed by atoms with van der Waals surface area (Å²) in [7, 11) is 1.62. The number of fused-ring (bicyclic) bond motifs is 1. The minimum atomic E-state index is -0.482. The molecule has 1 amide bonds. The Morgan fingerprint density at radius 2 is 1.91 bits per heavy atom. The molecule has 0 saturated heterocycles. The summed E-state index contributed by atoms with van der Waals surface area (Å²) in [6.45, 7) is 4.67. The number of ketones is 1. The van der Waals surface area contributed by atoms with E-state index in [9.17, 15) is 9.59 Å². The van der Waals surface area contributed by atoms with Crippen molar-refractivity contribution in [3.05, 3.63) is 71.3 Å². The number of ether oxygens (including phenoxy) is 2. The van der Waals surface area contributed by atoms with Gasteiger partial charge in [0.1, 0.15) is 11.9 Å². The number of hydrogen-bond donors (Lipinski definition) is 0. The van der Waals surface area contributed by atoms with Crippen LogP contribution in [0.3, 0.4) is 0 Å². The van der Waals surface area contributed by atoms with Crippen molar-refractivity contribution in [2.24, 2.45) is 17.8 Å². The van der Waals surface area contributed by atoms with Crippen LogP contribution in [0.2, 0.25) is 0 Å². The average Bonchev–Trinajstić information content (AvgIpc) is 3.07. The van der Waals surface area contributed by atoms with Gasteiger partial charge in [-0.1, -0.05) is 32.0 Å². The Kier molecular flexibility index (Phi) is 5.24. The molecule has 0 radical (unpaired) electrons. The molecule has 6 heteroatoms. The van der Waals surface area contributed by atoms with Gasteiger partial charge in [-0.3, -0.25) is 14.6 Å². The first-order valence-corrected chi connectivity index (χ1v) is 11.3. The van der Waals surface area contributed by atoms with Crippen molar-refractivity contribution >= 4 is 11.7 Å². The highest BCUT2D eigenvalue weighted by Crippen LogP contribution is 2.49. The van der Waals surface area contributed by atoms with Gasteiger partial charge in [0.25, 0.3) is 5.91 Å². The number of amides is 1. The van der Waals surface area contributed by atoms with Gasteiger partial charge in [-0.15, -0.1) is 0 Å². The van der Waals surface area contributed by atoms with E-state index in [4.69, 9.17) is 9.47 Å². The van der Waals surface area contributed by atoms with Crippen molar-refractivity contribution < 1.29 is 19.1 Å². The van der Waals surface area contributed by atoms with Crippen molar-refractivity contribution in [1.29, 1.82) is 0 Å². The maximum Gasteiger partial charge on any atom is 0.290 e. The maximum absolute atomic E-state index is 13.8. The van der Waals surface area contributed by atoms with Gasteiger partial charge < -0.3 is 14.4 Å². The number of Topliss-reactive ketones (excluding diaryl/α,β-unsaturated/α-hetero) is 1. The minimum absolute atomic E-state index is 0.0671. The summed E-state index contributed by atoms with van der Waals surface area (Å²) in [5.41, 5.74) is 2.29. The molecule has 166 valence electrons. The Bertz CT molecular complexity index is 1060. The lowest BCUT2D eigenvalue weighted by Crippen LogP contribution is -2.45. The zero-order valence-electron chi connectivity index (χ0n) is 18.7. The molecule has 6 nitrogen and oxygen atoms in total. The zero-order valence-corrected chi connectivity index (χ0v) is 18.7. The number of carbonyl (C=O) groups excluding carboxylic acids is 2. The number of nitrogens with zero attached hydrogens (tertiary/aromatic N) is 2. The molecular formula is C26H28N2O4. The number of benzene rings is 1. The number of hydrogen-bond acceptors (Lipinski definition) is 5. The van der Waals surface area contributed by atoms with E-state index >= 15 is 0 Å². The number of rotatable bonds is 4. The molecule has 1 aromatic carbocycles. The molecule has 1 aromatic heterocycles. The predicted octanol–water partition coefficient (Wildman–Crippen LogP) is 4.08. The third-order valence-electron chi connectivity index (χ3n) is 7.04. The van der Waals surface area contributed by atoms with E-state index in [0.29, 0.717) is 18.0 Å². The van der Waals surface area contributed by atoms with Gasteiger partial charge in [-0.05, 0) is 54.0 Å². The van der Waals surface area contributed by atoms with E-state index in [1.165, 1.54) is 0 Å². The fourth-order valence-electron chi connectivity index (χ4n) is 5.61. The van der Waals surface area contributed by atoms with Crippen LogP contribution < -0.4 is 4.74 Å². The van der Waals surface area contributed by atoms with Gasteiger partial charge in [0.15, 0.2) is 11.5 Å². The van der Waals surface area contributed by atoms with Crippen molar-refractivity contribution in [2.45, 2.75) is 45.4 Å². The second-order valence-corrected chi connectivity index (χ2v) is 9.32. The Hall–Kier alpha value is -3.15. The van der Waals surface area contributed by atoms with Crippen molar-refractivity contribution in [2.75, 3.05) is 7.11 Å². The Balaban J connectivity index is 1.58. The second kappa shape index (κ2) is 8.08. The number of carbonyl (C=O) groups is 2. The summed E-state index contributed by atoms with van der Waals surface area (Å²) in [5.74, 6) is 1.32. The fraction of sp³-hybridized carbons (Fsp3) is 0.423. The standard InChI is InChI=1S/C26H28N2O4/c1-15-11-16(2)24-20(12-15)23(29)21-22(18-6-8-19(31-3)9-7-18)28(26(30)25(21)32-24)14-17-5-4-10-27-13-17/h4-10,13,15-16,20,22,24H,11-12,14H2,1-3H3. The Morgan fingerprint density at radius 1 is 1.12 bits per heavy atom. The maximum atomic E-state index is 13.8. The van der Waals surface area contributed by atoms with Gasteiger partial charge in [0.2, 0.25) is 0 Å². The summed E-state index contributed by atoms with van der Waals surface area (Å²) in [6, 6.07) is 10.9. The molecule has 3 aliphatic rings. The van der Waals surface area contributed by atoms with Crippen molar-refractivity contribution in [3.63, 3.8) is 0 Å². The van der Waals surface area contributed by atoms with Gasteiger partial charge >= 0.3 is 0 Å². The van der Waals surface area contributed by atoms with Crippen LogP contribution in [0.15, 0.2) is 60.1 Å². The number of aromatic nitrogens is 1. The molecule has 2 aromatic rings. The molecule has 5 atom stereocenters. The summed E-state index contributed by atoms with van der Waals surface area (Å²) in [5, 5.41) is 0. The molecule has 2 aliphatic heterocycles. The highest BCUT2D eigenvalue weighted by molar-refractivity contribution is 6.11. The molecular weight excluding hydrogens is 404 g/mol. The molecule has 0 spiro atoms. The smallest absolute Gasteiger partial charge is 0.290 e. The molecule has 32 heavy (non-hydrogen) atoms. The lowest BCUT2D eigenvalue weighted by atomic mass is 9.70. The minimum Gasteiger partial charge on any atom is -0.497 e. The first kappa shape index (κ1) is 20.7. The van der Waals surface area contributed by atoms with E-state index in [-0.39, 0.29) is 35.4 Å². The average molecular weight is 433 g/mol. The van der Waals surface area contributed by atoms with Crippen LogP contribution in [0.25, 0.3) is 0 Å². The topological polar surface area (TPSA) is 68.7 Å². The molecule has 1 saturated carbocycles. The SMILES string of the molecule is COc1ccc(C2C3=C(OC4C(C)CC(C)CC4C3=O)C(=O)N2Cc2cccnc2)cc1. The number of methoxy groups -OCH3 is 1. The first-order chi connectivity index (χ1) is 15.5. The van der Waals surface area contributed by atoms with Crippen LogP contribution in [0.4, 0.5) is 0 Å². The summed E-state index contributed by atoms with van der Waals surface area (Å²) in [4.78, 5) is 33.3. The quantitative estimate of drug-likeness (QED) is 0.728. The molecule has 1 aliphatic carbocycles. The lowest BCUT2D eigenvalue weighted by molar-refractivity contribution is -0.139. The highest BCUT2D eigenvalue weighted by Gasteiger charge is 2.53. The van der Waals surface area contributed by atoms with Crippen molar-refractivity contribution in [1.82, 2.24) is 9.88 Å². The molecule has 0 N–H and O–H groups in total. The highest BCUT2D eigenvalue weighted by atomic mass is 16.5. The van der Waals surface area contributed by atoms with Gasteiger partial charge in [0.05, 0.1) is 24.6 Å². The van der Waals surface area contributed by atoms with E-state index in [2.05, 4.69) is 18.8 Å². The van der Waals surface area contributed by atoms with E-state index in [0.717, 1.165) is 29.7 Å². The molecule has 5 unspecified atom stereocenters. The second-order valence-electron chi connectivity index (χ2n) is 9.32. The summed E-state index contributed by atoms with van der Waals surface area (Å²) in [6.07, 6.45) is 5.04. The number of pyridine rings is 1. The summed E-state index contributed by atoms with van der Waals surface area (Å²) < 4.78 is 11.7. The first-order valence-electron chi connectivity index (χ1n) is 11.3. The van der Waals surface area contributed by atoms with E-state index in [1.54, 1.807) is 24.4 Å². The zero-order chi connectivity index (χ0) is 22.4. The predicted molar refractivity (Wildman–Crippen MR) is 118 cm³/mol. The van der Waals surface area contributed by atoms with Crippen molar-refractivity contribution in [3.8, 4) is 5.75 Å². The summed E-state index contributed by atoms with van der Waals surface area (Å²) >= 11 is 0. The van der Waals surface area contributed by atoms with Gasteiger partial charge in [-0.2, -0.15) is 0 Å². The Morgan fingerprint density at radius 3 is 2.59 bits per heavy atom. The van der Waals surface area contributed by atoms with Crippen LogP contribution in [0, 0.1) is 17.8 Å². The normalized spacial score (nSPS) is 29.5. The molecule has 0 bridgehead atoms. The van der Waals surface area contributed by atoms with E-state index in [1.807, 2.05) is 36.4 Å². The third-order valence-corrected chi connectivity index (χ3v) is 7.04.